The van der Waals surface area contributed by atoms with E-state index in [1.807, 2.05) is 12.1 Å². The predicted octanol–water partition coefficient (Wildman–Crippen LogP) is 3.09. The number of aliphatic imine (C=N–C) groups is 1. The number of hydrogen-bond donors (Lipinski definition) is 2. The molecular weight excluding hydrogens is 391 g/mol. The Labute approximate surface area is 150 Å². The Hall–Kier alpha value is -1.05. The SMILES string of the molecule is CN=C(NCc1cccnc1OC1CCCC1)NC(C)C.I. The van der Waals surface area contributed by atoms with Gasteiger partial charge in [0.25, 0.3) is 0 Å². The minimum Gasteiger partial charge on any atom is -0.474 e. The van der Waals surface area contributed by atoms with Gasteiger partial charge in [-0.15, -0.1) is 24.0 Å². The maximum atomic E-state index is 6.04. The first-order chi connectivity index (χ1) is 10.2. The van der Waals surface area contributed by atoms with Gasteiger partial charge in [-0.05, 0) is 45.6 Å². The maximum absolute atomic E-state index is 6.04. The lowest BCUT2D eigenvalue weighted by atomic mass is 10.2. The van der Waals surface area contributed by atoms with Crippen LogP contribution in [0.4, 0.5) is 0 Å². The first kappa shape index (κ1) is 19.0. The van der Waals surface area contributed by atoms with Crippen molar-refractivity contribution in [1.29, 1.82) is 0 Å². The molecule has 22 heavy (non-hydrogen) atoms. The molecule has 0 saturated heterocycles. The number of rotatable bonds is 5. The summed E-state index contributed by atoms with van der Waals surface area (Å²) in [6, 6.07) is 4.34. The Bertz CT molecular complexity index is 473. The first-order valence-electron chi connectivity index (χ1n) is 7.76. The van der Waals surface area contributed by atoms with E-state index in [0.717, 1.165) is 30.2 Å². The molecule has 0 atom stereocenters. The molecule has 2 N–H and O–H groups in total. The number of guanidine groups is 1. The number of nitrogens with zero attached hydrogens (tertiary/aromatic N) is 2. The van der Waals surface area contributed by atoms with Crippen molar-refractivity contribution in [2.45, 2.75) is 58.2 Å². The van der Waals surface area contributed by atoms with Gasteiger partial charge in [-0.3, -0.25) is 4.99 Å². The van der Waals surface area contributed by atoms with Crippen molar-refractivity contribution in [3.8, 4) is 5.88 Å². The summed E-state index contributed by atoms with van der Waals surface area (Å²) in [7, 11) is 1.77. The van der Waals surface area contributed by atoms with Gasteiger partial charge in [-0.1, -0.05) is 6.07 Å². The van der Waals surface area contributed by atoms with Crippen LogP contribution in [0.15, 0.2) is 23.3 Å². The standard InChI is InChI=1S/C16H26N4O.HI/c1-12(2)20-16(17-3)19-11-13-7-6-10-18-15(13)21-14-8-4-5-9-14;/h6-7,10,12,14H,4-5,8-9,11H2,1-3H3,(H2,17,19,20);1H. The van der Waals surface area contributed by atoms with E-state index in [1.54, 1.807) is 13.2 Å². The molecule has 1 aromatic rings. The second-order valence-electron chi connectivity index (χ2n) is 5.72. The van der Waals surface area contributed by atoms with Crippen LogP contribution in [-0.4, -0.2) is 30.1 Å². The second kappa shape index (κ2) is 9.86. The van der Waals surface area contributed by atoms with E-state index in [1.165, 1.54) is 12.8 Å². The molecule has 2 rings (SSSR count). The number of hydrogen-bond acceptors (Lipinski definition) is 3. The summed E-state index contributed by atoms with van der Waals surface area (Å²) >= 11 is 0. The van der Waals surface area contributed by atoms with Crippen molar-refractivity contribution in [3.63, 3.8) is 0 Å². The summed E-state index contributed by atoms with van der Waals surface area (Å²) in [5.74, 6) is 1.54. The highest BCUT2D eigenvalue weighted by Crippen LogP contribution is 2.24. The molecule has 124 valence electrons. The van der Waals surface area contributed by atoms with E-state index in [9.17, 15) is 0 Å². The van der Waals surface area contributed by atoms with Crippen LogP contribution in [0.2, 0.25) is 0 Å². The lowest BCUT2D eigenvalue weighted by molar-refractivity contribution is 0.199. The molecule has 0 unspecified atom stereocenters. The lowest BCUT2D eigenvalue weighted by Crippen LogP contribution is -2.40. The number of halogens is 1. The van der Waals surface area contributed by atoms with Crippen LogP contribution in [0.25, 0.3) is 0 Å². The molecule has 5 nitrogen and oxygen atoms in total. The predicted molar refractivity (Wildman–Crippen MR) is 101 cm³/mol. The van der Waals surface area contributed by atoms with Crippen LogP contribution in [0, 0.1) is 0 Å². The van der Waals surface area contributed by atoms with Gasteiger partial charge in [-0.25, -0.2) is 4.98 Å². The van der Waals surface area contributed by atoms with Crippen molar-refractivity contribution in [2.75, 3.05) is 7.05 Å². The van der Waals surface area contributed by atoms with Crippen molar-refractivity contribution in [3.05, 3.63) is 23.9 Å². The molecule has 0 bridgehead atoms. The zero-order valence-electron chi connectivity index (χ0n) is 13.6. The van der Waals surface area contributed by atoms with Crippen LogP contribution >= 0.6 is 24.0 Å². The highest BCUT2D eigenvalue weighted by atomic mass is 127. The first-order valence-corrected chi connectivity index (χ1v) is 7.76. The van der Waals surface area contributed by atoms with Crippen LogP contribution in [-0.2, 0) is 6.54 Å². The Morgan fingerprint density at radius 1 is 1.41 bits per heavy atom. The van der Waals surface area contributed by atoms with E-state index in [2.05, 4.69) is 34.5 Å². The van der Waals surface area contributed by atoms with Gasteiger partial charge in [0.15, 0.2) is 5.96 Å². The third-order valence-corrected chi connectivity index (χ3v) is 3.53. The van der Waals surface area contributed by atoms with Crippen molar-refractivity contribution < 1.29 is 4.74 Å². The molecule has 1 heterocycles. The van der Waals surface area contributed by atoms with Crippen molar-refractivity contribution in [1.82, 2.24) is 15.6 Å². The molecule has 0 spiro atoms. The largest absolute Gasteiger partial charge is 0.474 e. The van der Waals surface area contributed by atoms with Crippen LogP contribution in [0.3, 0.4) is 0 Å². The molecule has 0 radical (unpaired) electrons. The smallest absolute Gasteiger partial charge is 0.218 e. The molecule has 1 aliphatic rings. The monoisotopic (exact) mass is 418 g/mol. The second-order valence-corrected chi connectivity index (χ2v) is 5.72. The fourth-order valence-corrected chi connectivity index (χ4v) is 2.48. The third-order valence-electron chi connectivity index (χ3n) is 3.53. The highest BCUT2D eigenvalue weighted by molar-refractivity contribution is 14.0. The third kappa shape index (κ3) is 5.98. The maximum Gasteiger partial charge on any atom is 0.218 e. The minimum absolute atomic E-state index is 0. The Morgan fingerprint density at radius 3 is 2.77 bits per heavy atom. The number of pyridine rings is 1. The molecule has 1 fully saturated rings. The van der Waals surface area contributed by atoms with Gasteiger partial charge in [-0.2, -0.15) is 0 Å². The molecule has 0 aromatic carbocycles. The summed E-state index contributed by atoms with van der Waals surface area (Å²) in [5, 5.41) is 6.57. The number of ether oxygens (including phenoxy) is 1. The zero-order valence-corrected chi connectivity index (χ0v) is 16.0. The van der Waals surface area contributed by atoms with Gasteiger partial charge in [0.2, 0.25) is 5.88 Å². The number of aromatic nitrogens is 1. The topological polar surface area (TPSA) is 58.5 Å². The van der Waals surface area contributed by atoms with E-state index in [4.69, 9.17) is 4.74 Å². The molecule has 1 saturated carbocycles. The normalized spacial score (nSPS) is 15.5. The average Bonchev–Trinajstić information content (AvgIpc) is 2.97. The summed E-state index contributed by atoms with van der Waals surface area (Å²) < 4.78 is 6.04. The van der Waals surface area contributed by atoms with Gasteiger partial charge < -0.3 is 15.4 Å². The highest BCUT2D eigenvalue weighted by Gasteiger charge is 2.18. The van der Waals surface area contributed by atoms with Crippen molar-refractivity contribution in [2.24, 2.45) is 4.99 Å². The van der Waals surface area contributed by atoms with Crippen molar-refractivity contribution >= 4 is 29.9 Å². The van der Waals surface area contributed by atoms with Gasteiger partial charge in [0.05, 0.1) is 0 Å². The fourth-order valence-electron chi connectivity index (χ4n) is 2.48. The van der Waals surface area contributed by atoms with Gasteiger partial charge in [0.1, 0.15) is 6.10 Å². The zero-order chi connectivity index (χ0) is 15.1. The summed E-state index contributed by atoms with van der Waals surface area (Å²) in [4.78, 5) is 8.59. The molecule has 1 aliphatic carbocycles. The van der Waals surface area contributed by atoms with Gasteiger partial charge >= 0.3 is 0 Å². The molecule has 6 heteroatoms. The Balaban J connectivity index is 0.00000242. The quantitative estimate of drug-likeness (QED) is 0.439. The molecular formula is C16H27IN4O. The van der Waals surface area contributed by atoms with Crippen LogP contribution in [0.1, 0.15) is 45.1 Å². The van der Waals surface area contributed by atoms with E-state index in [0.29, 0.717) is 18.7 Å². The van der Waals surface area contributed by atoms with Crippen LogP contribution < -0.4 is 15.4 Å². The minimum atomic E-state index is 0. The molecule has 0 amide bonds. The molecule has 1 aromatic heterocycles. The Kier molecular flexibility index (Phi) is 8.52. The van der Waals surface area contributed by atoms with E-state index >= 15 is 0 Å². The summed E-state index contributed by atoms with van der Waals surface area (Å²) in [5.41, 5.74) is 1.07. The fraction of sp³-hybridized carbons (Fsp3) is 0.625. The summed E-state index contributed by atoms with van der Waals surface area (Å²) in [6.07, 6.45) is 6.91. The number of nitrogens with one attached hydrogen (secondary N) is 2. The molecule has 0 aliphatic heterocycles. The van der Waals surface area contributed by atoms with E-state index in [-0.39, 0.29) is 24.0 Å². The average molecular weight is 418 g/mol. The lowest BCUT2D eigenvalue weighted by Gasteiger charge is -2.17. The van der Waals surface area contributed by atoms with Gasteiger partial charge in [0, 0.05) is 31.4 Å². The van der Waals surface area contributed by atoms with E-state index < -0.39 is 0 Å². The summed E-state index contributed by atoms with van der Waals surface area (Å²) in [6.45, 7) is 4.83. The Morgan fingerprint density at radius 2 is 2.14 bits per heavy atom. The van der Waals surface area contributed by atoms with Crippen LogP contribution in [0.5, 0.6) is 5.88 Å².